The van der Waals surface area contributed by atoms with Crippen LogP contribution in [-0.4, -0.2) is 36.5 Å². The van der Waals surface area contributed by atoms with Crippen LogP contribution in [0.1, 0.15) is 10.6 Å². The maximum absolute atomic E-state index is 12.0. The lowest BCUT2D eigenvalue weighted by Crippen LogP contribution is -2.51. The van der Waals surface area contributed by atoms with Crippen LogP contribution in [0.25, 0.3) is 0 Å². The number of halogens is 1. The first-order valence-electron chi connectivity index (χ1n) is 5.02. The molecule has 1 aromatic heterocycles. The number of fused-ring (bicyclic) bond motifs is 1. The van der Waals surface area contributed by atoms with Gasteiger partial charge in [-0.1, -0.05) is 0 Å². The van der Waals surface area contributed by atoms with Crippen molar-refractivity contribution in [3.05, 3.63) is 22.6 Å². The summed E-state index contributed by atoms with van der Waals surface area (Å²) in [5, 5.41) is 3.32. The van der Waals surface area contributed by atoms with Crippen molar-refractivity contribution in [2.24, 2.45) is 5.92 Å². The highest BCUT2D eigenvalue weighted by molar-refractivity contribution is 9.10. The molecule has 0 saturated carbocycles. The molecule has 1 N–H and O–H groups in total. The molecular formula is C10H11BrN2O2. The number of nitrogens with one attached hydrogen (secondary N) is 1. The van der Waals surface area contributed by atoms with Gasteiger partial charge >= 0.3 is 0 Å². The molecular weight excluding hydrogens is 260 g/mol. The van der Waals surface area contributed by atoms with Crippen molar-refractivity contribution in [2.45, 2.75) is 6.04 Å². The molecule has 0 aromatic carbocycles. The maximum atomic E-state index is 12.0. The Morgan fingerprint density at radius 1 is 1.53 bits per heavy atom. The fourth-order valence-electron chi connectivity index (χ4n) is 2.20. The zero-order valence-electron chi connectivity index (χ0n) is 8.07. The van der Waals surface area contributed by atoms with Gasteiger partial charge in [0.05, 0.1) is 0 Å². The second-order valence-corrected chi connectivity index (χ2v) is 4.87. The normalized spacial score (nSPS) is 28.7. The number of hydrogen-bond acceptors (Lipinski definition) is 3. The van der Waals surface area contributed by atoms with E-state index in [0.29, 0.717) is 22.4 Å². The molecule has 0 spiro atoms. The molecule has 3 rings (SSSR count). The van der Waals surface area contributed by atoms with E-state index in [9.17, 15) is 4.79 Å². The van der Waals surface area contributed by atoms with Gasteiger partial charge in [-0.15, -0.1) is 0 Å². The number of likely N-dealkylation sites (tertiary alicyclic amines) is 1. The Balaban J connectivity index is 1.75. The SMILES string of the molecule is O=C(c1ccc(Br)o1)N1CC2CNC2C1. The van der Waals surface area contributed by atoms with Crippen molar-refractivity contribution in [1.29, 1.82) is 0 Å². The number of carbonyl (C=O) groups excluding carboxylic acids is 1. The minimum atomic E-state index is -0.00287. The lowest BCUT2D eigenvalue weighted by atomic mass is 9.96. The number of rotatable bonds is 1. The van der Waals surface area contributed by atoms with Gasteiger partial charge in [0.15, 0.2) is 10.4 Å². The Morgan fingerprint density at radius 2 is 2.40 bits per heavy atom. The fourth-order valence-corrected chi connectivity index (χ4v) is 2.51. The molecule has 0 radical (unpaired) electrons. The minimum absolute atomic E-state index is 0.00287. The van der Waals surface area contributed by atoms with Crippen LogP contribution >= 0.6 is 15.9 Å². The number of amides is 1. The monoisotopic (exact) mass is 270 g/mol. The molecule has 0 aliphatic carbocycles. The predicted octanol–water partition coefficient (Wildman–Crippen LogP) is 1.09. The van der Waals surface area contributed by atoms with Crippen LogP contribution in [0.3, 0.4) is 0 Å². The topological polar surface area (TPSA) is 45.5 Å². The van der Waals surface area contributed by atoms with E-state index in [1.165, 1.54) is 0 Å². The molecule has 2 unspecified atom stereocenters. The van der Waals surface area contributed by atoms with Gasteiger partial charge in [0.1, 0.15) is 0 Å². The van der Waals surface area contributed by atoms with Crippen LogP contribution < -0.4 is 5.32 Å². The average Bonchev–Trinajstić information content (AvgIpc) is 2.72. The van der Waals surface area contributed by atoms with E-state index < -0.39 is 0 Å². The molecule has 2 aliphatic heterocycles. The van der Waals surface area contributed by atoms with E-state index in [0.717, 1.165) is 19.6 Å². The lowest BCUT2D eigenvalue weighted by Gasteiger charge is -2.29. The summed E-state index contributed by atoms with van der Waals surface area (Å²) in [4.78, 5) is 13.8. The summed E-state index contributed by atoms with van der Waals surface area (Å²) >= 11 is 3.20. The summed E-state index contributed by atoms with van der Waals surface area (Å²) < 4.78 is 5.86. The molecule has 3 heterocycles. The van der Waals surface area contributed by atoms with Crippen LogP contribution in [0.5, 0.6) is 0 Å². The van der Waals surface area contributed by atoms with Gasteiger partial charge in [-0.3, -0.25) is 4.79 Å². The van der Waals surface area contributed by atoms with Gasteiger partial charge in [-0.05, 0) is 28.1 Å². The first-order chi connectivity index (χ1) is 7.24. The van der Waals surface area contributed by atoms with Crippen molar-refractivity contribution in [2.75, 3.05) is 19.6 Å². The van der Waals surface area contributed by atoms with E-state index in [1.807, 2.05) is 4.90 Å². The zero-order chi connectivity index (χ0) is 10.4. The molecule has 2 fully saturated rings. The smallest absolute Gasteiger partial charge is 0.289 e. The minimum Gasteiger partial charge on any atom is -0.444 e. The lowest BCUT2D eigenvalue weighted by molar-refractivity contribution is 0.0756. The van der Waals surface area contributed by atoms with Crippen LogP contribution in [0.4, 0.5) is 0 Å². The second-order valence-electron chi connectivity index (χ2n) is 4.09. The van der Waals surface area contributed by atoms with E-state index in [1.54, 1.807) is 12.1 Å². The molecule has 15 heavy (non-hydrogen) atoms. The number of carbonyl (C=O) groups is 1. The molecule has 2 aliphatic rings. The summed E-state index contributed by atoms with van der Waals surface area (Å²) in [5.74, 6) is 1.06. The van der Waals surface area contributed by atoms with Crippen LogP contribution in [0, 0.1) is 5.92 Å². The number of nitrogens with zero attached hydrogens (tertiary/aromatic N) is 1. The molecule has 2 atom stereocenters. The molecule has 1 amide bonds. The predicted molar refractivity (Wildman–Crippen MR) is 57.6 cm³/mol. The molecule has 80 valence electrons. The van der Waals surface area contributed by atoms with Crippen molar-refractivity contribution in [1.82, 2.24) is 10.2 Å². The summed E-state index contributed by atoms with van der Waals surface area (Å²) in [6.45, 7) is 2.70. The van der Waals surface area contributed by atoms with Crippen molar-refractivity contribution in [3.8, 4) is 0 Å². The number of hydrogen-bond donors (Lipinski definition) is 1. The van der Waals surface area contributed by atoms with Crippen molar-refractivity contribution in [3.63, 3.8) is 0 Å². The number of furan rings is 1. The first-order valence-corrected chi connectivity index (χ1v) is 5.81. The van der Waals surface area contributed by atoms with E-state index in [4.69, 9.17) is 4.42 Å². The van der Waals surface area contributed by atoms with Crippen LogP contribution in [0.2, 0.25) is 0 Å². The van der Waals surface area contributed by atoms with E-state index in [2.05, 4.69) is 21.2 Å². The molecule has 4 nitrogen and oxygen atoms in total. The summed E-state index contributed by atoms with van der Waals surface area (Å²) in [6, 6.07) is 3.96. The van der Waals surface area contributed by atoms with Gasteiger partial charge in [0.2, 0.25) is 0 Å². The van der Waals surface area contributed by atoms with Crippen molar-refractivity contribution >= 4 is 21.8 Å². The Morgan fingerprint density at radius 3 is 2.87 bits per heavy atom. The van der Waals surface area contributed by atoms with E-state index >= 15 is 0 Å². The Hall–Kier alpha value is -0.810. The second kappa shape index (κ2) is 3.35. The maximum Gasteiger partial charge on any atom is 0.289 e. The molecule has 2 saturated heterocycles. The molecule has 1 aromatic rings. The van der Waals surface area contributed by atoms with Gasteiger partial charge in [-0.2, -0.15) is 0 Å². The van der Waals surface area contributed by atoms with Gasteiger partial charge in [-0.25, -0.2) is 0 Å². The molecule has 5 heteroatoms. The van der Waals surface area contributed by atoms with E-state index in [-0.39, 0.29) is 5.91 Å². The Labute approximate surface area is 95.7 Å². The average molecular weight is 271 g/mol. The Bertz CT molecular complexity index is 392. The van der Waals surface area contributed by atoms with Crippen LogP contribution in [0.15, 0.2) is 21.2 Å². The third-order valence-electron chi connectivity index (χ3n) is 3.15. The molecule has 0 bridgehead atoms. The summed E-state index contributed by atoms with van der Waals surface area (Å²) in [6.07, 6.45) is 0. The highest BCUT2D eigenvalue weighted by Gasteiger charge is 2.41. The van der Waals surface area contributed by atoms with Crippen LogP contribution in [-0.2, 0) is 0 Å². The summed E-state index contributed by atoms with van der Waals surface area (Å²) in [7, 11) is 0. The summed E-state index contributed by atoms with van der Waals surface area (Å²) in [5.41, 5.74) is 0. The quantitative estimate of drug-likeness (QED) is 0.831. The third-order valence-corrected chi connectivity index (χ3v) is 3.58. The Kier molecular flexibility index (Phi) is 2.10. The largest absolute Gasteiger partial charge is 0.444 e. The van der Waals surface area contributed by atoms with Crippen molar-refractivity contribution < 1.29 is 9.21 Å². The van der Waals surface area contributed by atoms with Gasteiger partial charge in [0, 0.05) is 31.6 Å². The highest BCUT2D eigenvalue weighted by atomic mass is 79.9. The first kappa shape index (κ1) is 9.42. The van der Waals surface area contributed by atoms with Gasteiger partial charge < -0.3 is 14.6 Å². The third kappa shape index (κ3) is 1.50. The standard InChI is InChI=1S/C10H11BrN2O2/c11-9-2-1-8(15-9)10(14)13-4-6-3-12-7(6)5-13/h1-2,6-7,12H,3-5H2. The highest BCUT2D eigenvalue weighted by Crippen LogP contribution is 2.25. The van der Waals surface area contributed by atoms with Gasteiger partial charge in [0.25, 0.3) is 5.91 Å². The zero-order valence-corrected chi connectivity index (χ0v) is 9.66. The fraction of sp³-hybridized carbons (Fsp3) is 0.500.